The largest absolute Gasteiger partial charge is 0.494 e. The van der Waals surface area contributed by atoms with Crippen LogP contribution in [-0.4, -0.2) is 53.7 Å². The number of carbonyl (C=O) groups excluding carboxylic acids is 2. The lowest BCUT2D eigenvalue weighted by atomic mass is 10.1. The van der Waals surface area contributed by atoms with Gasteiger partial charge in [-0.05, 0) is 37.1 Å². The average molecular weight is 447 g/mol. The molecule has 0 aromatic heterocycles. The van der Waals surface area contributed by atoms with E-state index in [9.17, 15) is 19.5 Å². The maximum atomic E-state index is 12.4. The Balaban J connectivity index is 2.04. The van der Waals surface area contributed by atoms with Crippen molar-refractivity contribution in [3.05, 3.63) is 54.1 Å². The van der Waals surface area contributed by atoms with E-state index in [0.29, 0.717) is 18.8 Å². The number of aliphatic hydroxyl groups is 1. The summed E-state index contributed by atoms with van der Waals surface area (Å²) >= 11 is 0. The normalized spacial score (nSPS) is 13.5. The van der Waals surface area contributed by atoms with E-state index in [-0.39, 0.29) is 24.2 Å². The SMILES string of the molecule is CCOc1ccccc1CCC(=O)Oc1ccccc1OC(O)(C=O)OC[C@H](N)C(=O)O. The first kappa shape index (κ1) is 24.8. The molecule has 2 atom stereocenters. The number of aliphatic carboxylic acids is 1. The Morgan fingerprint density at radius 2 is 1.72 bits per heavy atom. The summed E-state index contributed by atoms with van der Waals surface area (Å²) in [6.45, 7) is 1.65. The van der Waals surface area contributed by atoms with Gasteiger partial charge < -0.3 is 34.9 Å². The topological polar surface area (TPSA) is 155 Å². The van der Waals surface area contributed by atoms with Crippen LogP contribution in [0.2, 0.25) is 0 Å². The summed E-state index contributed by atoms with van der Waals surface area (Å²) in [5.41, 5.74) is 6.13. The van der Waals surface area contributed by atoms with E-state index in [4.69, 9.17) is 29.8 Å². The van der Waals surface area contributed by atoms with Crippen LogP contribution in [0, 0.1) is 0 Å². The third kappa shape index (κ3) is 7.34. The molecule has 172 valence electrons. The summed E-state index contributed by atoms with van der Waals surface area (Å²) in [6.07, 6.45) is 0.317. The van der Waals surface area contributed by atoms with Crippen molar-refractivity contribution in [2.45, 2.75) is 31.8 Å². The predicted octanol–water partition coefficient (Wildman–Crippen LogP) is 1.28. The van der Waals surface area contributed by atoms with Gasteiger partial charge in [0.05, 0.1) is 19.6 Å². The summed E-state index contributed by atoms with van der Waals surface area (Å²) in [5.74, 6) is -4.36. The second kappa shape index (κ2) is 11.8. The van der Waals surface area contributed by atoms with Crippen LogP contribution in [0.1, 0.15) is 18.9 Å². The van der Waals surface area contributed by atoms with E-state index in [1.165, 1.54) is 18.2 Å². The van der Waals surface area contributed by atoms with Gasteiger partial charge in [-0.15, -0.1) is 0 Å². The predicted molar refractivity (Wildman–Crippen MR) is 111 cm³/mol. The number of esters is 1. The molecule has 0 amide bonds. The molecule has 2 aromatic rings. The maximum Gasteiger partial charge on any atom is 0.385 e. The third-order valence-electron chi connectivity index (χ3n) is 4.14. The second-order valence-electron chi connectivity index (χ2n) is 6.57. The summed E-state index contributed by atoms with van der Waals surface area (Å²) in [7, 11) is 0. The van der Waals surface area contributed by atoms with Crippen molar-refractivity contribution in [3.8, 4) is 17.2 Å². The fourth-order valence-electron chi connectivity index (χ4n) is 2.56. The zero-order valence-corrected chi connectivity index (χ0v) is 17.4. The molecule has 2 rings (SSSR count). The van der Waals surface area contributed by atoms with Crippen LogP contribution in [0.3, 0.4) is 0 Å². The molecule has 32 heavy (non-hydrogen) atoms. The van der Waals surface area contributed by atoms with E-state index in [1.807, 2.05) is 31.2 Å². The number of aryl methyl sites for hydroxylation is 1. The maximum absolute atomic E-state index is 12.4. The fourth-order valence-corrected chi connectivity index (χ4v) is 2.56. The number of benzene rings is 2. The van der Waals surface area contributed by atoms with Crippen LogP contribution in [-0.2, 0) is 25.5 Å². The van der Waals surface area contributed by atoms with Crippen LogP contribution in [0.5, 0.6) is 17.2 Å². The highest BCUT2D eigenvalue weighted by Crippen LogP contribution is 2.30. The first-order valence-electron chi connectivity index (χ1n) is 9.78. The van der Waals surface area contributed by atoms with Gasteiger partial charge in [0, 0.05) is 0 Å². The molecule has 2 aromatic carbocycles. The number of hydrogen-bond acceptors (Lipinski definition) is 9. The summed E-state index contributed by atoms with van der Waals surface area (Å²) < 4.78 is 20.8. The van der Waals surface area contributed by atoms with E-state index in [1.54, 1.807) is 6.07 Å². The van der Waals surface area contributed by atoms with Crippen molar-refractivity contribution in [1.82, 2.24) is 0 Å². The van der Waals surface area contributed by atoms with Crippen molar-refractivity contribution in [3.63, 3.8) is 0 Å². The summed E-state index contributed by atoms with van der Waals surface area (Å²) in [4.78, 5) is 34.4. The van der Waals surface area contributed by atoms with Crippen molar-refractivity contribution in [2.24, 2.45) is 5.73 Å². The molecular formula is C22H25NO9. The Kier molecular flexibility index (Phi) is 9.14. The highest BCUT2D eigenvalue weighted by atomic mass is 16.8. The Morgan fingerprint density at radius 1 is 1.09 bits per heavy atom. The van der Waals surface area contributed by atoms with E-state index >= 15 is 0 Å². The lowest BCUT2D eigenvalue weighted by molar-refractivity contribution is -0.288. The Bertz CT molecular complexity index is 933. The van der Waals surface area contributed by atoms with Crippen LogP contribution in [0.25, 0.3) is 0 Å². The van der Waals surface area contributed by atoms with Gasteiger partial charge in [0.15, 0.2) is 11.5 Å². The number of carboxylic acids is 1. The summed E-state index contributed by atoms with van der Waals surface area (Å²) in [5, 5.41) is 19.0. The molecule has 10 nitrogen and oxygen atoms in total. The molecule has 0 fully saturated rings. The minimum absolute atomic E-state index is 0.0281. The van der Waals surface area contributed by atoms with Gasteiger partial charge >= 0.3 is 17.9 Å². The molecule has 0 aliphatic rings. The van der Waals surface area contributed by atoms with Crippen LogP contribution < -0.4 is 19.9 Å². The Morgan fingerprint density at radius 3 is 2.34 bits per heavy atom. The molecule has 1 unspecified atom stereocenters. The molecule has 0 spiro atoms. The minimum Gasteiger partial charge on any atom is -0.494 e. The quantitative estimate of drug-likeness (QED) is 0.177. The molecule has 0 aliphatic carbocycles. The number of hydrogen-bond donors (Lipinski definition) is 3. The number of carboxylic acid groups (broad SMARTS) is 1. The molecule has 0 saturated heterocycles. The van der Waals surface area contributed by atoms with Gasteiger partial charge in [-0.3, -0.25) is 14.4 Å². The second-order valence-corrected chi connectivity index (χ2v) is 6.57. The number of nitrogens with two attached hydrogens (primary N) is 1. The Labute approximate surface area is 184 Å². The number of para-hydroxylation sites is 3. The van der Waals surface area contributed by atoms with Crippen LogP contribution in [0.4, 0.5) is 0 Å². The van der Waals surface area contributed by atoms with E-state index < -0.39 is 30.6 Å². The zero-order valence-electron chi connectivity index (χ0n) is 17.4. The van der Waals surface area contributed by atoms with Gasteiger partial charge in [0.25, 0.3) is 0 Å². The zero-order chi connectivity index (χ0) is 23.6. The van der Waals surface area contributed by atoms with E-state index in [0.717, 1.165) is 5.56 Å². The first-order valence-corrected chi connectivity index (χ1v) is 9.78. The van der Waals surface area contributed by atoms with Gasteiger partial charge in [-0.2, -0.15) is 0 Å². The first-order chi connectivity index (χ1) is 15.3. The minimum atomic E-state index is -2.83. The number of ether oxygens (including phenoxy) is 4. The highest BCUT2D eigenvalue weighted by molar-refractivity contribution is 5.74. The van der Waals surface area contributed by atoms with Gasteiger partial charge in [0.1, 0.15) is 11.8 Å². The molecule has 0 bridgehead atoms. The standard InChI is InChI=1S/C22H25NO9/c1-2-29-17-8-4-3-7-15(17)11-12-20(25)31-18-9-5-6-10-19(18)32-22(28,14-24)30-13-16(23)21(26)27/h3-10,14,16,28H,2,11-13,23H2,1H3,(H,26,27)/t16-,22?/m0/s1. The van der Waals surface area contributed by atoms with Crippen molar-refractivity contribution in [1.29, 1.82) is 0 Å². The summed E-state index contributed by atoms with van der Waals surface area (Å²) in [6, 6.07) is 11.6. The molecular weight excluding hydrogens is 422 g/mol. The third-order valence-corrected chi connectivity index (χ3v) is 4.14. The Hall–Kier alpha value is -3.47. The lowest BCUT2D eigenvalue weighted by Crippen LogP contribution is -2.46. The number of aldehydes is 1. The number of rotatable bonds is 13. The molecule has 0 saturated carbocycles. The smallest absolute Gasteiger partial charge is 0.385 e. The average Bonchev–Trinajstić information content (AvgIpc) is 2.78. The highest BCUT2D eigenvalue weighted by Gasteiger charge is 2.33. The van der Waals surface area contributed by atoms with Gasteiger partial charge in [-0.1, -0.05) is 30.3 Å². The fraction of sp³-hybridized carbons (Fsp3) is 0.318. The van der Waals surface area contributed by atoms with Gasteiger partial charge in [0.2, 0.25) is 6.29 Å². The van der Waals surface area contributed by atoms with Crippen molar-refractivity contribution >= 4 is 18.2 Å². The van der Waals surface area contributed by atoms with Crippen LogP contribution in [0.15, 0.2) is 48.5 Å². The van der Waals surface area contributed by atoms with Crippen molar-refractivity contribution in [2.75, 3.05) is 13.2 Å². The molecule has 0 radical (unpaired) electrons. The van der Waals surface area contributed by atoms with Crippen molar-refractivity contribution < 1.29 is 43.5 Å². The molecule has 0 heterocycles. The molecule has 4 N–H and O–H groups in total. The lowest BCUT2D eigenvalue weighted by Gasteiger charge is -2.24. The molecule has 0 aliphatic heterocycles. The van der Waals surface area contributed by atoms with Crippen LogP contribution >= 0.6 is 0 Å². The number of carbonyl (C=O) groups is 3. The van der Waals surface area contributed by atoms with E-state index in [2.05, 4.69) is 0 Å². The molecule has 10 heteroatoms. The monoisotopic (exact) mass is 447 g/mol. The van der Waals surface area contributed by atoms with Gasteiger partial charge in [-0.25, -0.2) is 0 Å².